The molecule has 1 aromatic carbocycles. The van der Waals surface area contributed by atoms with E-state index in [0.29, 0.717) is 43.8 Å². The van der Waals surface area contributed by atoms with Crippen LogP contribution in [0.15, 0.2) is 46.2 Å². The minimum absolute atomic E-state index is 0.169. The zero-order valence-electron chi connectivity index (χ0n) is 17.3. The average molecular weight is 412 g/mol. The number of fused-ring (bicyclic) bond motifs is 1. The molecule has 8 heteroatoms. The van der Waals surface area contributed by atoms with Crippen LogP contribution in [0, 0.1) is 0 Å². The number of benzene rings is 1. The summed E-state index contributed by atoms with van der Waals surface area (Å²) in [4.78, 5) is 30.5. The lowest BCUT2D eigenvalue weighted by molar-refractivity contribution is -0.163. The van der Waals surface area contributed by atoms with E-state index in [0.717, 1.165) is 31.4 Å². The van der Waals surface area contributed by atoms with E-state index in [4.69, 9.17) is 9.47 Å². The van der Waals surface area contributed by atoms with E-state index < -0.39 is 0 Å². The van der Waals surface area contributed by atoms with Crippen LogP contribution in [-0.2, 0) is 29.1 Å². The van der Waals surface area contributed by atoms with Gasteiger partial charge in [-0.15, -0.1) is 0 Å². The van der Waals surface area contributed by atoms with Crippen molar-refractivity contribution in [3.63, 3.8) is 0 Å². The Balaban J connectivity index is 1.58. The lowest BCUT2D eigenvalue weighted by Gasteiger charge is -2.22. The molecule has 0 aliphatic carbocycles. The molecule has 2 aromatic heterocycles. The highest BCUT2D eigenvalue weighted by Crippen LogP contribution is 2.14. The van der Waals surface area contributed by atoms with Crippen LogP contribution in [0.4, 0.5) is 0 Å². The first-order valence-corrected chi connectivity index (χ1v) is 10.6. The summed E-state index contributed by atoms with van der Waals surface area (Å²) in [6, 6.07) is 9.89. The first-order chi connectivity index (χ1) is 14.7. The molecule has 3 aromatic rings. The lowest BCUT2D eigenvalue weighted by Crippen LogP contribution is -2.40. The van der Waals surface area contributed by atoms with Gasteiger partial charge in [0.05, 0.1) is 12.9 Å². The van der Waals surface area contributed by atoms with E-state index in [-0.39, 0.29) is 17.5 Å². The van der Waals surface area contributed by atoms with Gasteiger partial charge >= 0.3 is 5.69 Å². The SMILES string of the molecule is CCn1c(=O)n(CCCOC2CCCCO2)c(=O)c2c1ncn2Cc1ccccc1. The van der Waals surface area contributed by atoms with Gasteiger partial charge in [-0.2, -0.15) is 0 Å². The lowest BCUT2D eigenvalue weighted by atomic mass is 10.2. The minimum atomic E-state index is -0.325. The van der Waals surface area contributed by atoms with Crippen LogP contribution in [0.1, 0.15) is 38.2 Å². The van der Waals surface area contributed by atoms with Gasteiger partial charge in [0.1, 0.15) is 0 Å². The van der Waals surface area contributed by atoms with Gasteiger partial charge in [-0.25, -0.2) is 9.78 Å². The molecular formula is C22H28N4O4. The molecule has 0 saturated carbocycles. The highest BCUT2D eigenvalue weighted by atomic mass is 16.7. The number of imidazole rings is 1. The van der Waals surface area contributed by atoms with Crippen molar-refractivity contribution in [1.82, 2.24) is 18.7 Å². The Kier molecular flexibility index (Phi) is 6.44. The maximum atomic E-state index is 13.2. The quantitative estimate of drug-likeness (QED) is 0.531. The van der Waals surface area contributed by atoms with E-state index in [9.17, 15) is 9.59 Å². The summed E-state index contributed by atoms with van der Waals surface area (Å²) in [5.74, 6) is 0. The molecule has 4 rings (SSSR count). The molecule has 0 amide bonds. The first-order valence-electron chi connectivity index (χ1n) is 10.6. The number of nitrogens with zero attached hydrogens (tertiary/aromatic N) is 4. The fraction of sp³-hybridized carbons (Fsp3) is 0.500. The summed E-state index contributed by atoms with van der Waals surface area (Å²) in [7, 11) is 0. The molecule has 8 nitrogen and oxygen atoms in total. The van der Waals surface area contributed by atoms with Gasteiger partial charge in [-0.05, 0) is 38.2 Å². The molecule has 30 heavy (non-hydrogen) atoms. The Labute approximate surface area is 174 Å². The third-order valence-corrected chi connectivity index (χ3v) is 5.46. The van der Waals surface area contributed by atoms with Crippen LogP contribution in [0.3, 0.4) is 0 Å². The second-order valence-corrected chi connectivity index (χ2v) is 7.53. The Bertz CT molecular complexity index is 1090. The van der Waals surface area contributed by atoms with E-state index in [1.165, 1.54) is 4.57 Å². The van der Waals surface area contributed by atoms with Gasteiger partial charge < -0.3 is 14.0 Å². The summed E-state index contributed by atoms with van der Waals surface area (Å²) < 4.78 is 16.0. The summed E-state index contributed by atoms with van der Waals surface area (Å²) in [5, 5.41) is 0. The molecule has 3 heterocycles. The van der Waals surface area contributed by atoms with Crippen molar-refractivity contribution in [2.45, 2.75) is 58.5 Å². The van der Waals surface area contributed by atoms with Gasteiger partial charge in [0.25, 0.3) is 5.56 Å². The molecule has 0 bridgehead atoms. The second kappa shape index (κ2) is 9.40. The van der Waals surface area contributed by atoms with E-state index in [2.05, 4.69) is 4.98 Å². The topological polar surface area (TPSA) is 80.3 Å². The average Bonchev–Trinajstić information content (AvgIpc) is 3.18. The van der Waals surface area contributed by atoms with E-state index in [1.54, 1.807) is 10.9 Å². The van der Waals surface area contributed by atoms with Gasteiger partial charge in [0.15, 0.2) is 17.5 Å². The zero-order chi connectivity index (χ0) is 20.9. The molecular weight excluding hydrogens is 384 g/mol. The monoisotopic (exact) mass is 412 g/mol. The molecule has 0 spiro atoms. The van der Waals surface area contributed by atoms with Gasteiger partial charge in [0, 0.05) is 26.2 Å². The van der Waals surface area contributed by atoms with Crippen LogP contribution in [0.2, 0.25) is 0 Å². The smallest absolute Gasteiger partial charge is 0.332 e. The highest BCUT2D eigenvalue weighted by molar-refractivity contribution is 5.70. The minimum Gasteiger partial charge on any atom is -0.353 e. The third-order valence-electron chi connectivity index (χ3n) is 5.46. The van der Waals surface area contributed by atoms with Crippen molar-refractivity contribution in [2.24, 2.45) is 0 Å². The van der Waals surface area contributed by atoms with Crippen molar-refractivity contribution < 1.29 is 9.47 Å². The molecule has 1 unspecified atom stereocenters. The Hall–Kier alpha value is -2.71. The van der Waals surface area contributed by atoms with Crippen LogP contribution in [0.5, 0.6) is 0 Å². The Morgan fingerprint density at radius 1 is 1.17 bits per heavy atom. The van der Waals surface area contributed by atoms with Crippen molar-refractivity contribution in [1.29, 1.82) is 0 Å². The number of aromatic nitrogens is 4. The van der Waals surface area contributed by atoms with E-state index in [1.807, 2.05) is 41.8 Å². The fourth-order valence-electron chi connectivity index (χ4n) is 3.90. The number of rotatable bonds is 8. The summed E-state index contributed by atoms with van der Waals surface area (Å²) in [6.45, 7) is 4.34. The van der Waals surface area contributed by atoms with Crippen molar-refractivity contribution in [3.8, 4) is 0 Å². The Morgan fingerprint density at radius 3 is 2.73 bits per heavy atom. The summed E-state index contributed by atoms with van der Waals surface area (Å²) in [5.41, 5.74) is 1.33. The van der Waals surface area contributed by atoms with Crippen molar-refractivity contribution >= 4 is 11.2 Å². The second-order valence-electron chi connectivity index (χ2n) is 7.53. The van der Waals surface area contributed by atoms with E-state index >= 15 is 0 Å². The van der Waals surface area contributed by atoms with Crippen LogP contribution >= 0.6 is 0 Å². The number of ether oxygens (including phenoxy) is 2. The molecule has 160 valence electrons. The molecule has 1 aliphatic rings. The summed E-state index contributed by atoms with van der Waals surface area (Å²) in [6.07, 6.45) is 5.11. The molecule has 0 N–H and O–H groups in total. The van der Waals surface area contributed by atoms with Crippen LogP contribution < -0.4 is 11.2 Å². The number of hydrogen-bond acceptors (Lipinski definition) is 5. The van der Waals surface area contributed by atoms with Gasteiger partial charge in [-0.1, -0.05) is 30.3 Å². The van der Waals surface area contributed by atoms with Crippen LogP contribution in [0.25, 0.3) is 11.2 Å². The standard InChI is InChI=1S/C22H28N4O4/c1-2-25-20-19(24(16-23-20)15-17-9-4-3-5-10-17)21(27)26(22(25)28)12-8-14-30-18-11-6-7-13-29-18/h3-5,9-10,16,18H,2,6-8,11-15H2,1H3. The first kappa shape index (κ1) is 20.6. The number of aryl methyl sites for hydroxylation is 1. The third kappa shape index (κ3) is 4.24. The largest absolute Gasteiger partial charge is 0.353 e. The zero-order valence-corrected chi connectivity index (χ0v) is 17.3. The van der Waals surface area contributed by atoms with Crippen molar-refractivity contribution in [3.05, 3.63) is 63.1 Å². The number of hydrogen-bond donors (Lipinski definition) is 0. The summed E-state index contributed by atoms with van der Waals surface area (Å²) >= 11 is 0. The van der Waals surface area contributed by atoms with Crippen LogP contribution in [-0.4, -0.2) is 38.2 Å². The van der Waals surface area contributed by atoms with Crippen molar-refractivity contribution in [2.75, 3.05) is 13.2 Å². The van der Waals surface area contributed by atoms with Gasteiger partial charge in [0.2, 0.25) is 0 Å². The van der Waals surface area contributed by atoms with Gasteiger partial charge in [-0.3, -0.25) is 13.9 Å². The molecule has 1 atom stereocenters. The predicted molar refractivity (Wildman–Crippen MR) is 114 cm³/mol. The fourth-order valence-corrected chi connectivity index (χ4v) is 3.90. The molecule has 0 radical (unpaired) electrons. The maximum absolute atomic E-state index is 13.2. The molecule has 1 aliphatic heterocycles. The predicted octanol–water partition coefficient (Wildman–Crippen LogP) is 2.36. The Morgan fingerprint density at radius 2 is 2.00 bits per heavy atom. The maximum Gasteiger partial charge on any atom is 0.332 e. The highest BCUT2D eigenvalue weighted by Gasteiger charge is 2.18. The normalized spacial score (nSPS) is 16.9. The molecule has 1 saturated heterocycles. The molecule has 1 fully saturated rings.